The Balaban J connectivity index is 2.01. The highest BCUT2D eigenvalue weighted by atomic mass is 32.2. The molecule has 2 aromatic carbocycles. The van der Waals surface area contributed by atoms with Crippen LogP contribution in [-0.2, 0) is 19.6 Å². The number of aryl methyl sites for hydroxylation is 1. The van der Waals surface area contributed by atoms with Crippen LogP contribution in [-0.4, -0.2) is 39.7 Å². The summed E-state index contributed by atoms with van der Waals surface area (Å²) in [5.41, 5.74) is 1.89. The summed E-state index contributed by atoms with van der Waals surface area (Å²) in [5.74, 6) is -0.675. The molecule has 0 saturated heterocycles. The van der Waals surface area contributed by atoms with E-state index in [4.69, 9.17) is 9.26 Å². The summed E-state index contributed by atoms with van der Waals surface area (Å²) in [5, 5.41) is 6.39. The molecule has 168 valence electrons. The van der Waals surface area contributed by atoms with E-state index in [9.17, 15) is 18.0 Å². The third-order valence-electron chi connectivity index (χ3n) is 4.45. The van der Waals surface area contributed by atoms with Crippen LogP contribution in [0.15, 0.2) is 51.9 Å². The van der Waals surface area contributed by atoms with Gasteiger partial charge in [0, 0.05) is 12.6 Å². The number of esters is 1. The lowest BCUT2D eigenvalue weighted by Crippen LogP contribution is -2.14. The first kappa shape index (κ1) is 22.8. The van der Waals surface area contributed by atoms with Crippen molar-refractivity contribution in [1.29, 1.82) is 0 Å². The standard InChI is InChI=1S/C21H21N3O7S/c1-12-19(20(31-23-12)22-13(2)25)15-7-10-17(29-3)18(11-15)32(27,28)24-16-8-5-14(6-9-16)21(26)30-4/h5-11,24H,1-4H3,(H,22,25). The molecular weight excluding hydrogens is 438 g/mol. The Morgan fingerprint density at radius 3 is 2.34 bits per heavy atom. The predicted molar refractivity (Wildman–Crippen MR) is 116 cm³/mol. The summed E-state index contributed by atoms with van der Waals surface area (Å²) in [4.78, 5) is 22.9. The minimum absolute atomic E-state index is 0.106. The lowest BCUT2D eigenvalue weighted by Gasteiger charge is -2.13. The van der Waals surface area contributed by atoms with Gasteiger partial charge in [0.2, 0.25) is 11.8 Å². The van der Waals surface area contributed by atoms with E-state index in [0.29, 0.717) is 16.8 Å². The topological polar surface area (TPSA) is 137 Å². The molecule has 0 radical (unpaired) electrons. The van der Waals surface area contributed by atoms with Crippen molar-refractivity contribution in [1.82, 2.24) is 5.16 Å². The average Bonchev–Trinajstić information content (AvgIpc) is 3.12. The molecule has 0 unspecified atom stereocenters. The molecule has 0 spiro atoms. The summed E-state index contributed by atoms with van der Waals surface area (Å²) in [6, 6.07) is 10.3. The minimum atomic E-state index is -4.09. The Morgan fingerprint density at radius 1 is 1.06 bits per heavy atom. The first-order chi connectivity index (χ1) is 15.2. The third-order valence-corrected chi connectivity index (χ3v) is 5.85. The van der Waals surface area contributed by atoms with Gasteiger partial charge < -0.3 is 14.0 Å². The highest BCUT2D eigenvalue weighted by molar-refractivity contribution is 7.92. The lowest BCUT2D eigenvalue weighted by molar-refractivity contribution is -0.114. The number of anilines is 2. The van der Waals surface area contributed by atoms with Crippen LogP contribution in [0.1, 0.15) is 23.0 Å². The number of ether oxygens (including phenoxy) is 2. The van der Waals surface area contributed by atoms with Crippen LogP contribution in [0.3, 0.4) is 0 Å². The summed E-state index contributed by atoms with van der Waals surface area (Å²) in [7, 11) is -1.48. The van der Waals surface area contributed by atoms with Crippen molar-refractivity contribution in [3.8, 4) is 16.9 Å². The van der Waals surface area contributed by atoms with E-state index >= 15 is 0 Å². The summed E-state index contributed by atoms with van der Waals surface area (Å²) >= 11 is 0. The normalized spacial score (nSPS) is 11.0. The van der Waals surface area contributed by atoms with Gasteiger partial charge in [0.25, 0.3) is 10.0 Å². The maximum absolute atomic E-state index is 13.1. The number of aromatic nitrogens is 1. The van der Waals surface area contributed by atoms with E-state index in [-0.39, 0.29) is 33.7 Å². The van der Waals surface area contributed by atoms with Crippen LogP contribution < -0.4 is 14.8 Å². The fourth-order valence-corrected chi connectivity index (χ4v) is 4.25. The van der Waals surface area contributed by atoms with E-state index < -0.39 is 16.0 Å². The number of methoxy groups -OCH3 is 2. The van der Waals surface area contributed by atoms with Crippen LogP contribution in [0.5, 0.6) is 5.75 Å². The molecule has 0 bridgehead atoms. The number of amides is 1. The molecule has 0 fully saturated rings. The lowest BCUT2D eigenvalue weighted by atomic mass is 10.1. The Bertz CT molecular complexity index is 1270. The van der Waals surface area contributed by atoms with Crippen molar-refractivity contribution in [3.05, 3.63) is 53.7 Å². The van der Waals surface area contributed by atoms with Gasteiger partial charge in [-0.2, -0.15) is 0 Å². The Kier molecular flexibility index (Phi) is 6.49. The van der Waals surface area contributed by atoms with Gasteiger partial charge in [-0.3, -0.25) is 14.8 Å². The molecule has 10 nitrogen and oxygen atoms in total. The maximum Gasteiger partial charge on any atom is 0.337 e. The number of nitrogens with zero attached hydrogens (tertiary/aromatic N) is 1. The number of benzene rings is 2. The van der Waals surface area contributed by atoms with Crippen LogP contribution >= 0.6 is 0 Å². The van der Waals surface area contributed by atoms with Gasteiger partial charge in [-0.1, -0.05) is 11.2 Å². The van der Waals surface area contributed by atoms with Gasteiger partial charge in [0.15, 0.2) is 0 Å². The van der Waals surface area contributed by atoms with Crippen LogP contribution in [0, 0.1) is 6.92 Å². The van der Waals surface area contributed by atoms with Crippen LogP contribution in [0.4, 0.5) is 11.6 Å². The maximum atomic E-state index is 13.1. The third kappa shape index (κ3) is 4.72. The fourth-order valence-electron chi connectivity index (χ4n) is 3.00. The molecule has 1 heterocycles. The molecule has 1 aromatic heterocycles. The zero-order valence-corrected chi connectivity index (χ0v) is 18.6. The number of rotatable bonds is 7. The number of hydrogen-bond acceptors (Lipinski definition) is 8. The highest BCUT2D eigenvalue weighted by Gasteiger charge is 2.24. The minimum Gasteiger partial charge on any atom is -0.495 e. The molecule has 0 aliphatic carbocycles. The quantitative estimate of drug-likeness (QED) is 0.514. The number of carbonyl (C=O) groups excluding carboxylic acids is 2. The second-order valence-electron chi connectivity index (χ2n) is 6.69. The molecule has 32 heavy (non-hydrogen) atoms. The van der Waals surface area contributed by atoms with Crippen molar-refractivity contribution >= 4 is 33.5 Å². The van der Waals surface area contributed by atoms with Gasteiger partial charge in [0.1, 0.15) is 10.6 Å². The second-order valence-corrected chi connectivity index (χ2v) is 8.34. The molecule has 11 heteroatoms. The summed E-state index contributed by atoms with van der Waals surface area (Å²) < 4.78 is 43.8. The fraction of sp³-hybridized carbons (Fsp3) is 0.190. The zero-order valence-electron chi connectivity index (χ0n) is 17.8. The van der Waals surface area contributed by atoms with Gasteiger partial charge in [-0.15, -0.1) is 0 Å². The van der Waals surface area contributed by atoms with Crippen molar-refractivity contribution < 1.29 is 32.0 Å². The Hall–Kier alpha value is -3.86. The number of carbonyl (C=O) groups is 2. The zero-order chi connectivity index (χ0) is 23.5. The first-order valence-electron chi connectivity index (χ1n) is 9.29. The van der Waals surface area contributed by atoms with Gasteiger partial charge in [-0.05, 0) is 48.9 Å². The molecule has 0 saturated carbocycles. The first-order valence-corrected chi connectivity index (χ1v) is 10.8. The molecule has 0 aliphatic heterocycles. The van der Waals surface area contributed by atoms with Crippen molar-refractivity contribution in [3.63, 3.8) is 0 Å². The van der Waals surface area contributed by atoms with E-state index in [1.807, 2.05) is 0 Å². The van der Waals surface area contributed by atoms with Crippen molar-refractivity contribution in [2.75, 3.05) is 24.3 Å². The number of sulfonamides is 1. The van der Waals surface area contributed by atoms with Gasteiger partial charge >= 0.3 is 5.97 Å². The molecular formula is C21H21N3O7S. The monoisotopic (exact) mass is 459 g/mol. The summed E-state index contributed by atoms with van der Waals surface area (Å²) in [6.45, 7) is 2.99. The second kappa shape index (κ2) is 9.10. The SMILES string of the molecule is COC(=O)c1ccc(NS(=O)(=O)c2cc(-c3c(C)noc3NC(C)=O)ccc2OC)cc1. The molecule has 1 amide bonds. The van der Waals surface area contributed by atoms with E-state index in [1.54, 1.807) is 13.0 Å². The highest BCUT2D eigenvalue weighted by Crippen LogP contribution is 2.36. The van der Waals surface area contributed by atoms with E-state index in [1.165, 1.54) is 57.5 Å². The molecule has 0 aliphatic rings. The van der Waals surface area contributed by atoms with E-state index in [2.05, 4.69) is 19.9 Å². The molecule has 2 N–H and O–H groups in total. The van der Waals surface area contributed by atoms with Gasteiger partial charge in [-0.25, -0.2) is 13.2 Å². The van der Waals surface area contributed by atoms with Crippen molar-refractivity contribution in [2.45, 2.75) is 18.7 Å². The Morgan fingerprint density at radius 2 is 1.75 bits per heavy atom. The van der Waals surface area contributed by atoms with Gasteiger partial charge in [0.05, 0.1) is 31.0 Å². The average molecular weight is 459 g/mol. The Labute approximate surface area is 184 Å². The van der Waals surface area contributed by atoms with E-state index in [0.717, 1.165) is 0 Å². The molecule has 3 aromatic rings. The van der Waals surface area contributed by atoms with Crippen molar-refractivity contribution in [2.24, 2.45) is 0 Å². The smallest absolute Gasteiger partial charge is 0.337 e. The molecule has 3 rings (SSSR count). The van der Waals surface area contributed by atoms with Crippen LogP contribution in [0.25, 0.3) is 11.1 Å². The summed E-state index contributed by atoms with van der Waals surface area (Å²) in [6.07, 6.45) is 0. The van der Waals surface area contributed by atoms with Crippen LogP contribution in [0.2, 0.25) is 0 Å². The number of hydrogen-bond donors (Lipinski definition) is 2. The molecule has 0 atom stereocenters. The predicted octanol–water partition coefficient (Wildman–Crippen LogP) is 3.20. The number of nitrogens with one attached hydrogen (secondary N) is 2. The largest absolute Gasteiger partial charge is 0.495 e.